The maximum absolute atomic E-state index is 10.8. The van der Waals surface area contributed by atoms with Crippen molar-refractivity contribution in [2.24, 2.45) is 0 Å². The van der Waals surface area contributed by atoms with Crippen LogP contribution in [0.25, 0.3) is 0 Å². The molecule has 0 radical (unpaired) electrons. The molecule has 3 heteroatoms. The number of hydrogen-bond acceptors (Lipinski definition) is 2. The van der Waals surface area contributed by atoms with Gasteiger partial charge in [0.1, 0.15) is 6.29 Å². The van der Waals surface area contributed by atoms with Crippen LogP contribution in [0.1, 0.15) is 27.2 Å². The maximum atomic E-state index is 10.8. The van der Waals surface area contributed by atoms with E-state index >= 15 is 0 Å². The number of hydrogen-bond donors (Lipinski definition) is 0. The summed E-state index contributed by atoms with van der Waals surface area (Å²) in [5, 5.41) is 0. The van der Waals surface area contributed by atoms with Gasteiger partial charge in [-0.05, 0) is 13.0 Å². The van der Waals surface area contributed by atoms with E-state index in [0.717, 1.165) is 0 Å². The minimum Gasteiger partial charge on any atom is -0.343 e. The molecule has 76 valence electrons. The molecule has 0 heterocycles. The lowest BCUT2D eigenvalue weighted by Gasteiger charge is -2.09. The Morgan fingerprint density at radius 2 is 1.77 bits per heavy atom. The highest BCUT2D eigenvalue weighted by Gasteiger charge is 1.98. The number of carbonyl (C=O) groups excluding carboxylic acids is 2. The lowest BCUT2D eigenvalue weighted by atomic mass is 10.4. The molecule has 0 unspecified atom stereocenters. The zero-order valence-corrected chi connectivity index (χ0v) is 8.91. The molecule has 0 aromatic rings. The van der Waals surface area contributed by atoms with Crippen LogP contribution in [0, 0.1) is 0 Å². The number of aldehydes is 1. The molecule has 13 heavy (non-hydrogen) atoms. The fraction of sp³-hybridized carbons (Fsp3) is 0.600. The smallest absolute Gasteiger partial charge is 0.246 e. The Morgan fingerprint density at radius 1 is 1.31 bits per heavy atom. The molecule has 0 bridgehead atoms. The fourth-order valence-corrected chi connectivity index (χ4v) is 0.405. The third kappa shape index (κ3) is 10.9. The molecule has 1 amide bonds. The van der Waals surface area contributed by atoms with Crippen molar-refractivity contribution in [2.45, 2.75) is 27.2 Å². The van der Waals surface area contributed by atoms with Gasteiger partial charge in [0.05, 0.1) is 0 Å². The quantitative estimate of drug-likeness (QED) is 0.495. The van der Waals surface area contributed by atoms with Gasteiger partial charge in [0.15, 0.2) is 0 Å². The topological polar surface area (TPSA) is 37.4 Å². The minimum atomic E-state index is -0.144. The number of amides is 1. The average molecular weight is 185 g/mol. The Balaban J connectivity index is 0. The van der Waals surface area contributed by atoms with E-state index in [-0.39, 0.29) is 5.91 Å². The van der Waals surface area contributed by atoms with Crippen LogP contribution in [0.15, 0.2) is 12.2 Å². The molecule has 0 aliphatic rings. The standard InChI is InChI=1S/C7H11NO2.C3H8/c1-3-8(2)7(10)5-4-6-9;1-3-2/h4-6H,3H2,1-2H3;3H2,1-2H3/b5-4-;. The van der Waals surface area contributed by atoms with Gasteiger partial charge in [-0.3, -0.25) is 9.59 Å². The minimum absolute atomic E-state index is 0.144. The highest BCUT2D eigenvalue weighted by molar-refractivity contribution is 5.90. The van der Waals surface area contributed by atoms with Gasteiger partial charge in [0, 0.05) is 19.7 Å². The largest absolute Gasteiger partial charge is 0.343 e. The Morgan fingerprint density at radius 3 is 2.08 bits per heavy atom. The molecule has 0 fully saturated rings. The van der Waals surface area contributed by atoms with Crippen LogP contribution >= 0.6 is 0 Å². The van der Waals surface area contributed by atoms with Crippen LogP contribution in [0.2, 0.25) is 0 Å². The average Bonchev–Trinajstić information content (AvgIpc) is 2.14. The summed E-state index contributed by atoms with van der Waals surface area (Å²) in [6, 6.07) is 0. The number of carbonyl (C=O) groups is 2. The molecular formula is C10H19NO2. The molecule has 3 nitrogen and oxygen atoms in total. The molecule has 0 aliphatic carbocycles. The van der Waals surface area contributed by atoms with Crippen molar-refractivity contribution in [2.75, 3.05) is 13.6 Å². The molecule has 0 aliphatic heterocycles. The van der Waals surface area contributed by atoms with Crippen molar-refractivity contribution in [3.8, 4) is 0 Å². The summed E-state index contributed by atoms with van der Waals surface area (Å²) in [5.41, 5.74) is 0. The van der Waals surface area contributed by atoms with Gasteiger partial charge in [-0.25, -0.2) is 0 Å². The third-order valence-electron chi connectivity index (χ3n) is 1.17. The Bertz CT molecular complexity index is 164. The lowest BCUT2D eigenvalue weighted by molar-refractivity contribution is -0.124. The van der Waals surface area contributed by atoms with Gasteiger partial charge in [-0.2, -0.15) is 0 Å². The Kier molecular flexibility index (Phi) is 12.1. The van der Waals surface area contributed by atoms with Crippen LogP contribution < -0.4 is 0 Å². The van der Waals surface area contributed by atoms with E-state index < -0.39 is 0 Å². The van der Waals surface area contributed by atoms with E-state index in [1.54, 1.807) is 7.05 Å². The monoisotopic (exact) mass is 185 g/mol. The van der Waals surface area contributed by atoms with Crippen molar-refractivity contribution < 1.29 is 9.59 Å². The number of allylic oxidation sites excluding steroid dienone is 1. The molecule has 0 N–H and O–H groups in total. The molecule has 0 aromatic heterocycles. The molecule has 0 spiro atoms. The van der Waals surface area contributed by atoms with Crippen molar-refractivity contribution >= 4 is 12.2 Å². The van der Waals surface area contributed by atoms with E-state index in [0.29, 0.717) is 12.8 Å². The summed E-state index contributed by atoms with van der Waals surface area (Å²) in [6.07, 6.45) is 4.27. The molecule has 0 saturated carbocycles. The lowest BCUT2D eigenvalue weighted by Crippen LogP contribution is -2.23. The zero-order chi connectivity index (χ0) is 10.7. The zero-order valence-electron chi connectivity index (χ0n) is 8.91. The first kappa shape index (κ1) is 14.4. The van der Waals surface area contributed by atoms with E-state index in [1.807, 2.05) is 6.92 Å². The predicted octanol–water partition coefficient (Wildman–Crippen LogP) is 1.64. The van der Waals surface area contributed by atoms with E-state index in [9.17, 15) is 9.59 Å². The molecule has 0 saturated heterocycles. The molecule has 0 aromatic carbocycles. The first-order valence-corrected chi connectivity index (χ1v) is 4.50. The Labute approximate surface area is 80.4 Å². The van der Waals surface area contributed by atoms with Gasteiger partial charge in [0.2, 0.25) is 5.91 Å². The van der Waals surface area contributed by atoms with E-state index in [1.165, 1.54) is 23.5 Å². The second kappa shape index (κ2) is 10.9. The maximum Gasteiger partial charge on any atom is 0.246 e. The van der Waals surface area contributed by atoms with Gasteiger partial charge >= 0.3 is 0 Å². The van der Waals surface area contributed by atoms with Crippen molar-refractivity contribution in [3.63, 3.8) is 0 Å². The summed E-state index contributed by atoms with van der Waals surface area (Å²) in [6.45, 7) is 6.77. The first-order chi connectivity index (χ1) is 6.13. The molecule has 0 rings (SSSR count). The normalized spacial score (nSPS) is 8.92. The van der Waals surface area contributed by atoms with Crippen LogP contribution in [-0.4, -0.2) is 30.7 Å². The summed E-state index contributed by atoms with van der Waals surface area (Å²) in [4.78, 5) is 22.1. The van der Waals surface area contributed by atoms with Crippen molar-refractivity contribution in [1.29, 1.82) is 0 Å². The number of rotatable bonds is 3. The second-order valence-corrected chi connectivity index (χ2v) is 2.55. The first-order valence-electron chi connectivity index (χ1n) is 4.50. The van der Waals surface area contributed by atoms with Crippen molar-refractivity contribution in [3.05, 3.63) is 12.2 Å². The number of nitrogens with zero attached hydrogens (tertiary/aromatic N) is 1. The summed E-state index contributed by atoms with van der Waals surface area (Å²) in [5.74, 6) is -0.144. The fourth-order valence-electron chi connectivity index (χ4n) is 0.405. The molecular weight excluding hydrogens is 166 g/mol. The summed E-state index contributed by atoms with van der Waals surface area (Å²) < 4.78 is 0. The highest BCUT2D eigenvalue weighted by atomic mass is 16.2. The third-order valence-corrected chi connectivity index (χ3v) is 1.17. The van der Waals surface area contributed by atoms with Crippen LogP contribution in [0.4, 0.5) is 0 Å². The highest BCUT2D eigenvalue weighted by Crippen LogP contribution is 1.83. The summed E-state index contributed by atoms with van der Waals surface area (Å²) in [7, 11) is 1.68. The van der Waals surface area contributed by atoms with E-state index in [2.05, 4.69) is 13.8 Å². The van der Waals surface area contributed by atoms with Crippen LogP contribution in [0.3, 0.4) is 0 Å². The predicted molar refractivity (Wildman–Crippen MR) is 54.5 cm³/mol. The summed E-state index contributed by atoms with van der Waals surface area (Å²) >= 11 is 0. The van der Waals surface area contributed by atoms with Crippen molar-refractivity contribution in [1.82, 2.24) is 4.90 Å². The van der Waals surface area contributed by atoms with Gasteiger partial charge in [-0.1, -0.05) is 20.3 Å². The SMILES string of the molecule is CCC.CCN(C)C(=O)/C=C\C=O. The number of likely N-dealkylation sites (N-methyl/N-ethyl adjacent to an activating group) is 1. The van der Waals surface area contributed by atoms with Gasteiger partial charge in [0.25, 0.3) is 0 Å². The van der Waals surface area contributed by atoms with Gasteiger partial charge in [-0.15, -0.1) is 0 Å². The van der Waals surface area contributed by atoms with Crippen LogP contribution in [-0.2, 0) is 9.59 Å². The van der Waals surface area contributed by atoms with Gasteiger partial charge < -0.3 is 4.90 Å². The molecule has 0 atom stereocenters. The van der Waals surface area contributed by atoms with E-state index in [4.69, 9.17) is 0 Å². The van der Waals surface area contributed by atoms with Crippen LogP contribution in [0.5, 0.6) is 0 Å². The Hall–Kier alpha value is -1.12. The second-order valence-electron chi connectivity index (χ2n) is 2.55.